The number of phosphoric ester groups is 1. The topological polar surface area (TPSA) is 249 Å². The Kier molecular flexibility index (Phi) is 20.3. The van der Waals surface area contributed by atoms with E-state index in [1.165, 1.54) is 0 Å². The second-order valence-corrected chi connectivity index (χ2v) is 11.2. The molecule has 0 aliphatic rings. The van der Waals surface area contributed by atoms with Crippen LogP contribution in [0.2, 0.25) is 0 Å². The highest BCUT2D eigenvalue weighted by atomic mass is 32.2. The number of ketones is 3. The molecule has 1 amide bonds. The predicted octanol–water partition coefficient (Wildman–Crippen LogP) is 0.207. The van der Waals surface area contributed by atoms with E-state index in [1.54, 1.807) is 13.8 Å². The summed E-state index contributed by atoms with van der Waals surface area (Å²) in [4.78, 5) is 88.8. The Morgan fingerprint density at radius 2 is 1.56 bits per heavy atom. The first kappa shape index (κ1) is 38.8. The molecule has 3 unspecified atom stereocenters. The minimum absolute atomic E-state index is 0.0154. The predicted molar refractivity (Wildman–Crippen MR) is 146 cm³/mol. The van der Waals surface area contributed by atoms with Crippen LogP contribution < -0.4 is 11.5 Å². The van der Waals surface area contributed by atoms with Crippen molar-refractivity contribution in [1.29, 1.82) is 0 Å². The van der Waals surface area contributed by atoms with Gasteiger partial charge in [-0.2, -0.15) is 11.8 Å². The number of hydrogen-bond acceptors (Lipinski definition) is 13. The lowest BCUT2D eigenvalue weighted by molar-refractivity contribution is -0.157. The maximum absolute atomic E-state index is 12.7. The summed E-state index contributed by atoms with van der Waals surface area (Å²) in [5.74, 6) is -3.91. The molecule has 0 aliphatic carbocycles. The van der Waals surface area contributed by atoms with Crippen LogP contribution >= 0.6 is 19.6 Å². The fourth-order valence-electron chi connectivity index (χ4n) is 3.01. The van der Waals surface area contributed by atoms with E-state index in [2.05, 4.69) is 4.52 Å². The number of rotatable bonds is 25. The van der Waals surface area contributed by atoms with E-state index in [9.17, 15) is 33.3 Å². The Hall–Kier alpha value is -2.20. The molecule has 0 saturated carbocycles. The molecule has 6 N–H and O–H groups in total. The van der Waals surface area contributed by atoms with Gasteiger partial charge in [-0.25, -0.2) is 4.57 Å². The normalized spacial score (nSPS) is 13.6. The van der Waals surface area contributed by atoms with Crippen molar-refractivity contribution in [2.75, 3.05) is 37.9 Å². The van der Waals surface area contributed by atoms with E-state index >= 15 is 0 Å². The minimum Gasteiger partial charge on any atom is -0.462 e. The molecule has 0 bridgehead atoms. The smallest absolute Gasteiger partial charge is 0.462 e. The van der Waals surface area contributed by atoms with Crippen LogP contribution in [0.15, 0.2) is 0 Å². The fraction of sp³-hybridized carbons (Fsp3) is 0.750. The molecule has 0 spiro atoms. The number of carbonyl (C=O) groups excluding carboxylic acids is 6. The third-order valence-corrected chi connectivity index (χ3v) is 6.98. The molecular weight excluding hydrogens is 587 g/mol. The minimum atomic E-state index is -4.92. The number of amides is 1. The van der Waals surface area contributed by atoms with Crippen LogP contribution in [-0.2, 0) is 52.1 Å². The van der Waals surface area contributed by atoms with E-state index in [-0.39, 0.29) is 75.6 Å². The lowest BCUT2D eigenvalue weighted by atomic mass is 9.93. The molecule has 15 nitrogen and oxygen atoms in total. The molecule has 0 aliphatic heterocycles. The van der Waals surface area contributed by atoms with Crippen LogP contribution in [0, 0.1) is 5.92 Å². The van der Waals surface area contributed by atoms with Crippen LogP contribution in [0.4, 0.5) is 0 Å². The zero-order valence-electron chi connectivity index (χ0n) is 23.3. The highest BCUT2D eigenvalue weighted by molar-refractivity contribution is 7.99. The lowest BCUT2D eigenvalue weighted by Crippen LogP contribution is -2.37. The van der Waals surface area contributed by atoms with Gasteiger partial charge < -0.3 is 35.5 Å². The second-order valence-electron chi connectivity index (χ2n) is 8.93. The summed E-state index contributed by atoms with van der Waals surface area (Å²) in [6, 6.07) is -1.05. The highest BCUT2D eigenvalue weighted by Gasteiger charge is 2.28. The van der Waals surface area contributed by atoms with E-state index in [1.807, 2.05) is 0 Å². The zero-order valence-corrected chi connectivity index (χ0v) is 25.0. The highest BCUT2D eigenvalue weighted by Crippen LogP contribution is 2.36. The van der Waals surface area contributed by atoms with Crippen molar-refractivity contribution >= 4 is 54.8 Å². The molecule has 0 aromatic carbocycles. The molecular formula is C24H41N2O13PS. The van der Waals surface area contributed by atoms with Gasteiger partial charge in [0, 0.05) is 62.6 Å². The number of Topliss-reactive ketones (excluding diaryl/α,β-unsaturated/α-hetero) is 3. The second kappa shape index (κ2) is 21.5. The number of carbonyl (C=O) groups is 6. The Labute approximate surface area is 242 Å². The monoisotopic (exact) mass is 628 g/mol. The van der Waals surface area contributed by atoms with Crippen molar-refractivity contribution in [1.82, 2.24) is 0 Å². The SMILES string of the molecule is CCC(=O)OCC(CSCC(N)C(=O)CC(COP(=O)(O)O)C(=O)CCCOCC(=O)CCC(N)=O)OC(=O)CC. The number of nitrogens with two attached hydrogens (primary N) is 2. The van der Waals surface area contributed by atoms with Gasteiger partial charge in [0.2, 0.25) is 5.91 Å². The third-order valence-electron chi connectivity index (χ3n) is 5.29. The third kappa shape index (κ3) is 21.2. The number of hydrogen-bond donors (Lipinski definition) is 4. The van der Waals surface area contributed by atoms with Gasteiger partial charge in [0.15, 0.2) is 11.6 Å². The average Bonchev–Trinajstić information content (AvgIpc) is 2.90. The van der Waals surface area contributed by atoms with Crippen molar-refractivity contribution in [3.05, 3.63) is 0 Å². The molecule has 0 heterocycles. The summed E-state index contributed by atoms with van der Waals surface area (Å²) in [7, 11) is -4.92. The van der Waals surface area contributed by atoms with Gasteiger partial charge in [0.1, 0.15) is 25.1 Å². The van der Waals surface area contributed by atoms with Crippen LogP contribution in [0.5, 0.6) is 0 Å². The summed E-state index contributed by atoms with van der Waals surface area (Å²) < 4.78 is 31.0. The molecule has 0 saturated heterocycles. The van der Waals surface area contributed by atoms with E-state index < -0.39 is 68.3 Å². The van der Waals surface area contributed by atoms with E-state index in [4.69, 9.17) is 35.5 Å². The van der Waals surface area contributed by atoms with Crippen molar-refractivity contribution in [3.8, 4) is 0 Å². The molecule has 41 heavy (non-hydrogen) atoms. The van der Waals surface area contributed by atoms with Gasteiger partial charge in [-0.3, -0.25) is 33.3 Å². The lowest BCUT2D eigenvalue weighted by Gasteiger charge is -2.20. The quantitative estimate of drug-likeness (QED) is 0.0599. The summed E-state index contributed by atoms with van der Waals surface area (Å²) in [5.41, 5.74) is 10.9. The van der Waals surface area contributed by atoms with Crippen molar-refractivity contribution in [2.24, 2.45) is 17.4 Å². The standard InChI is InChI=1S/C24H41N2O13PS/c1-3-23(31)37-13-18(39-24(32)4-2)14-41-15-19(25)21(29)10-16(11-38-40(33,34)35)20(28)6-5-9-36-12-17(27)7-8-22(26)30/h16,18-19H,3-15,25H2,1-2H3,(H2,26,30)(H2,33,34,35). The Bertz CT molecular complexity index is 927. The number of esters is 2. The van der Waals surface area contributed by atoms with Crippen LogP contribution in [0.25, 0.3) is 0 Å². The summed E-state index contributed by atoms with van der Waals surface area (Å²) in [6.45, 7) is 2.11. The Morgan fingerprint density at radius 3 is 2.15 bits per heavy atom. The zero-order chi connectivity index (χ0) is 31.4. The molecule has 236 valence electrons. The van der Waals surface area contributed by atoms with Crippen molar-refractivity contribution < 1.29 is 61.9 Å². The largest absolute Gasteiger partial charge is 0.469 e. The molecule has 0 fully saturated rings. The van der Waals surface area contributed by atoms with Crippen LogP contribution in [0.1, 0.15) is 58.8 Å². The molecule has 0 aromatic rings. The molecule has 3 atom stereocenters. The Balaban J connectivity index is 4.86. The molecule has 0 rings (SSSR count). The van der Waals surface area contributed by atoms with Gasteiger partial charge in [-0.05, 0) is 6.42 Å². The first-order chi connectivity index (χ1) is 19.2. The fourth-order valence-corrected chi connectivity index (χ4v) is 4.39. The maximum Gasteiger partial charge on any atom is 0.469 e. The van der Waals surface area contributed by atoms with Gasteiger partial charge in [-0.1, -0.05) is 13.8 Å². The summed E-state index contributed by atoms with van der Waals surface area (Å²) >= 11 is 1.16. The van der Waals surface area contributed by atoms with Gasteiger partial charge in [-0.15, -0.1) is 0 Å². The number of primary amides is 1. The Morgan fingerprint density at radius 1 is 0.902 bits per heavy atom. The first-order valence-electron chi connectivity index (χ1n) is 13.0. The van der Waals surface area contributed by atoms with Crippen molar-refractivity contribution in [2.45, 2.75) is 70.9 Å². The number of ether oxygens (including phenoxy) is 3. The summed E-state index contributed by atoms with van der Waals surface area (Å²) in [5, 5.41) is 0. The van der Waals surface area contributed by atoms with E-state index in [0.717, 1.165) is 11.8 Å². The molecule has 17 heteroatoms. The van der Waals surface area contributed by atoms with Gasteiger partial charge in [0.25, 0.3) is 0 Å². The number of thioether (sulfide) groups is 1. The van der Waals surface area contributed by atoms with Gasteiger partial charge in [0.05, 0.1) is 12.6 Å². The maximum atomic E-state index is 12.7. The summed E-state index contributed by atoms with van der Waals surface area (Å²) in [6.07, 6.45) is -1.04. The molecule has 0 aromatic heterocycles. The van der Waals surface area contributed by atoms with Crippen molar-refractivity contribution in [3.63, 3.8) is 0 Å². The number of phosphoric acid groups is 1. The first-order valence-corrected chi connectivity index (χ1v) is 15.7. The van der Waals surface area contributed by atoms with Crippen LogP contribution in [0.3, 0.4) is 0 Å². The van der Waals surface area contributed by atoms with Crippen LogP contribution in [-0.4, -0.2) is 95.1 Å². The van der Waals surface area contributed by atoms with E-state index in [0.29, 0.717) is 0 Å². The average molecular weight is 629 g/mol. The van der Waals surface area contributed by atoms with Gasteiger partial charge >= 0.3 is 19.8 Å². The molecule has 0 radical (unpaired) electrons.